The van der Waals surface area contributed by atoms with Crippen molar-refractivity contribution < 1.29 is 37.1 Å². The topological polar surface area (TPSA) is 96.0 Å². The quantitative estimate of drug-likeness (QED) is 0.606. The van der Waals surface area contributed by atoms with Crippen LogP contribution in [0, 0.1) is 5.92 Å². The number of carbonyl (C=O) groups excluding carboxylic acids is 4. The SMILES string of the molecule is COC(=O)[C@H]1CCN2C(=O)N(c3ccc(NC(C)=O)cc3C(F)(F)F)C(=O)[C@@H]2C1. The Hall–Kier alpha value is -3.11. The fourth-order valence-electron chi connectivity index (χ4n) is 3.64. The molecule has 11 heteroatoms. The van der Waals surface area contributed by atoms with E-state index in [1.165, 1.54) is 18.1 Å². The number of imide groups is 1. The van der Waals surface area contributed by atoms with Crippen LogP contribution < -0.4 is 10.2 Å². The van der Waals surface area contributed by atoms with Crippen LogP contribution >= 0.6 is 0 Å². The van der Waals surface area contributed by atoms with E-state index < -0.39 is 53.2 Å². The van der Waals surface area contributed by atoms with Gasteiger partial charge in [0.05, 0.1) is 24.3 Å². The predicted octanol–water partition coefficient (Wildman–Crippen LogP) is 2.38. The van der Waals surface area contributed by atoms with Gasteiger partial charge in [-0.05, 0) is 31.0 Å². The molecule has 2 aliphatic rings. The minimum Gasteiger partial charge on any atom is -0.469 e. The number of amides is 4. The van der Waals surface area contributed by atoms with Crippen LogP contribution in [0.3, 0.4) is 0 Å². The van der Waals surface area contributed by atoms with Gasteiger partial charge in [-0.2, -0.15) is 13.2 Å². The second-order valence-corrected chi connectivity index (χ2v) is 6.82. The molecule has 8 nitrogen and oxygen atoms in total. The molecular formula is C18H18F3N3O5. The Kier molecular flexibility index (Phi) is 5.24. The lowest BCUT2D eigenvalue weighted by atomic mass is 9.91. The zero-order chi connectivity index (χ0) is 21.5. The molecular weight excluding hydrogens is 395 g/mol. The summed E-state index contributed by atoms with van der Waals surface area (Å²) >= 11 is 0. The van der Waals surface area contributed by atoms with E-state index >= 15 is 0 Å². The first-order chi connectivity index (χ1) is 13.5. The van der Waals surface area contributed by atoms with E-state index in [0.29, 0.717) is 11.0 Å². The predicted molar refractivity (Wildman–Crippen MR) is 93.9 cm³/mol. The van der Waals surface area contributed by atoms with Crippen molar-refractivity contribution in [2.45, 2.75) is 32.0 Å². The minimum atomic E-state index is -4.87. The van der Waals surface area contributed by atoms with Crippen molar-refractivity contribution in [3.05, 3.63) is 23.8 Å². The van der Waals surface area contributed by atoms with E-state index in [-0.39, 0.29) is 25.1 Å². The van der Waals surface area contributed by atoms with Gasteiger partial charge in [0.15, 0.2) is 0 Å². The van der Waals surface area contributed by atoms with Gasteiger partial charge in [0.2, 0.25) is 5.91 Å². The average molecular weight is 413 g/mol. The molecule has 0 spiro atoms. The highest BCUT2D eigenvalue weighted by molar-refractivity contribution is 6.22. The Morgan fingerprint density at radius 3 is 2.52 bits per heavy atom. The largest absolute Gasteiger partial charge is 0.469 e. The van der Waals surface area contributed by atoms with Gasteiger partial charge in [-0.15, -0.1) is 0 Å². The molecule has 2 saturated heterocycles. The normalized spacial score (nSPS) is 21.8. The van der Waals surface area contributed by atoms with Gasteiger partial charge < -0.3 is 15.0 Å². The maximum atomic E-state index is 13.6. The second-order valence-electron chi connectivity index (χ2n) is 6.82. The highest BCUT2D eigenvalue weighted by Crippen LogP contribution is 2.41. The summed E-state index contributed by atoms with van der Waals surface area (Å²) in [5.41, 5.74) is -1.96. The zero-order valence-corrected chi connectivity index (χ0v) is 15.6. The summed E-state index contributed by atoms with van der Waals surface area (Å²) in [6.45, 7) is 1.20. The number of rotatable bonds is 3. The Bertz CT molecular complexity index is 886. The Morgan fingerprint density at radius 2 is 1.93 bits per heavy atom. The van der Waals surface area contributed by atoms with Crippen LogP contribution in [0.2, 0.25) is 0 Å². The van der Waals surface area contributed by atoms with E-state index in [2.05, 4.69) is 10.1 Å². The average Bonchev–Trinajstić information content (AvgIpc) is 2.90. The van der Waals surface area contributed by atoms with E-state index in [9.17, 15) is 32.3 Å². The lowest BCUT2D eigenvalue weighted by Crippen LogP contribution is -2.44. The molecule has 2 aliphatic heterocycles. The molecule has 1 aromatic rings. The maximum Gasteiger partial charge on any atom is 0.418 e. The molecule has 2 atom stereocenters. The van der Waals surface area contributed by atoms with E-state index in [1.807, 2.05) is 0 Å². The molecule has 0 saturated carbocycles. The van der Waals surface area contributed by atoms with Gasteiger partial charge in [0.1, 0.15) is 6.04 Å². The molecule has 2 fully saturated rings. The second kappa shape index (κ2) is 7.37. The van der Waals surface area contributed by atoms with Crippen molar-refractivity contribution in [2.24, 2.45) is 5.92 Å². The fourth-order valence-corrected chi connectivity index (χ4v) is 3.64. The lowest BCUT2D eigenvalue weighted by Gasteiger charge is -2.30. The summed E-state index contributed by atoms with van der Waals surface area (Å²) in [7, 11) is 1.20. The molecule has 1 N–H and O–H groups in total. The van der Waals surface area contributed by atoms with Gasteiger partial charge in [-0.3, -0.25) is 14.4 Å². The van der Waals surface area contributed by atoms with Crippen LogP contribution in [-0.4, -0.2) is 48.4 Å². The first kappa shape index (κ1) is 20.6. The number of piperidine rings is 1. The van der Waals surface area contributed by atoms with Crippen LogP contribution in [0.15, 0.2) is 18.2 Å². The molecule has 0 aliphatic carbocycles. The van der Waals surface area contributed by atoms with Crippen molar-refractivity contribution in [2.75, 3.05) is 23.9 Å². The number of hydrogen-bond donors (Lipinski definition) is 1. The van der Waals surface area contributed by atoms with E-state index in [1.54, 1.807) is 0 Å². The Labute approximate surface area is 163 Å². The molecule has 0 bridgehead atoms. The van der Waals surface area contributed by atoms with E-state index in [0.717, 1.165) is 13.0 Å². The van der Waals surface area contributed by atoms with Crippen molar-refractivity contribution in [1.82, 2.24) is 4.90 Å². The third kappa shape index (κ3) is 3.76. The standard InChI is InChI=1S/C18H18F3N3O5/c1-9(25)22-11-3-4-13(12(8-11)18(19,20)21)24-15(26)14-7-10(16(27)29-2)5-6-23(14)17(24)28/h3-4,8,10,14H,5-7H2,1-2H3,(H,22,25)/t10-,14-/m0/s1. The molecule has 3 rings (SSSR count). The van der Waals surface area contributed by atoms with Crippen LogP contribution in [0.4, 0.5) is 29.3 Å². The third-order valence-electron chi connectivity index (χ3n) is 4.94. The molecule has 4 amide bonds. The Morgan fingerprint density at radius 1 is 1.24 bits per heavy atom. The van der Waals surface area contributed by atoms with Gasteiger partial charge in [-0.25, -0.2) is 9.69 Å². The number of fused-ring (bicyclic) bond motifs is 1. The van der Waals surface area contributed by atoms with Crippen molar-refractivity contribution in [1.29, 1.82) is 0 Å². The number of halogens is 3. The maximum absolute atomic E-state index is 13.6. The number of esters is 1. The van der Waals surface area contributed by atoms with Gasteiger partial charge >= 0.3 is 18.2 Å². The number of methoxy groups -OCH3 is 1. The number of urea groups is 1. The molecule has 0 radical (unpaired) electrons. The minimum absolute atomic E-state index is 0.0148. The van der Waals surface area contributed by atoms with Crippen molar-refractivity contribution in [3.8, 4) is 0 Å². The first-order valence-electron chi connectivity index (χ1n) is 8.75. The summed E-state index contributed by atoms with van der Waals surface area (Å²) in [6.07, 6.45) is -4.63. The van der Waals surface area contributed by atoms with Crippen LogP contribution in [0.1, 0.15) is 25.3 Å². The number of nitrogens with one attached hydrogen (secondary N) is 1. The highest BCUT2D eigenvalue weighted by atomic mass is 19.4. The van der Waals surface area contributed by atoms with Crippen molar-refractivity contribution in [3.63, 3.8) is 0 Å². The zero-order valence-electron chi connectivity index (χ0n) is 15.6. The summed E-state index contributed by atoms with van der Waals surface area (Å²) in [6, 6.07) is 0.921. The molecule has 29 heavy (non-hydrogen) atoms. The lowest BCUT2D eigenvalue weighted by molar-refractivity contribution is -0.147. The molecule has 2 heterocycles. The summed E-state index contributed by atoms with van der Waals surface area (Å²) in [5.74, 6) is -2.53. The smallest absolute Gasteiger partial charge is 0.418 e. The number of carbonyl (C=O) groups is 4. The number of benzene rings is 1. The Balaban J connectivity index is 1.98. The number of alkyl halides is 3. The van der Waals surface area contributed by atoms with Crippen LogP contribution in [0.25, 0.3) is 0 Å². The fraction of sp³-hybridized carbons (Fsp3) is 0.444. The summed E-state index contributed by atoms with van der Waals surface area (Å²) in [5, 5.41) is 2.24. The molecule has 0 unspecified atom stereocenters. The van der Waals surface area contributed by atoms with Gasteiger partial charge in [0, 0.05) is 19.2 Å². The molecule has 1 aromatic carbocycles. The summed E-state index contributed by atoms with van der Waals surface area (Å²) < 4.78 is 45.5. The highest BCUT2D eigenvalue weighted by Gasteiger charge is 2.51. The first-order valence-corrected chi connectivity index (χ1v) is 8.75. The van der Waals surface area contributed by atoms with E-state index in [4.69, 9.17) is 0 Å². The summed E-state index contributed by atoms with van der Waals surface area (Å²) in [4.78, 5) is 50.1. The monoisotopic (exact) mass is 413 g/mol. The number of nitrogens with zero attached hydrogens (tertiary/aromatic N) is 2. The van der Waals surface area contributed by atoms with Crippen molar-refractivity contribution >= 4 is 35.2 Å². The molecule has 156 valence electrons. The number of anilines is 2. The van der Waals surface area contributed by atoms with Crippen LogP contribution in [0.5, 0.6) is 0 Å². The number of ether oxygens (including phenoxy) is 1. The van der Waals surface area contributed by atoms with Gasteiger partial charge in [-0.1, -0.05) is 0 Å². The third-order valence-corrected chi connectivity index (χ3v) is 4.94. The van der Waals surface area contributed by atoms with Gasteiger partial charge in [0.25, 0.3) is 5.91 Å². The van der Waals surface area contributed by atoms with Crippen LogP contribution in [-0.2, 0) is 25.3 Å². The molecule has 0 aromatic heterocycles. The number of hydrogen-bond acceptors (Lipinski definition) is 5.